The summed E-state index contributed by atoms with van der Waals surface area (Å²) in [6.45, 7) is 9.37. The molecule has 0 aromatic heterocycles. The molecule has 0 aliphatic heterocycles. The third-order valence-corrected chi connectivity index (χ3v) is 2.89. The molecule has 2 N–H and O–H groups in total. The van der Waals surface area contributed by atoms with E-state index in [1.54, 1.807) is 0 Å². The van der Waals surface area contributed by atoms with Crippen LogP contribution in [0.2, 0.25) is 0 Å². The number of unbranched alkanes of at least 4 members (excludes halogenated alkanes) is 3. The Labute approximate surface area is 95.6 Å². The average molecular weight is 215 g/mol. The third kappa shape index (κ3) is 8.88. The Morgan fingerprint density at radius 3 is 2.27 bits per heavy atom. The van der Waals surface area contributed by atoms with E-state index in [0.717, 1.165) is 0 Å². The summed E-state index contributed by atoms with van der Waals surface area (Å²) in [5, 5.41) is 0. The number of hydrogen-bond acceptors (Lipinski definition) is 2. The molecule has 0 rings (SSSR count). The summed E-state index contributed by atoms with van der Waals surface area (Å²) in [5.74, 6) is 0.511. The normalized spacial score (nSPS) is 15.6. The van der Waals surface area contributed by atoms with Crippen molar-refractivity contribution < 1.29 is 4.74 Å². The Bertz CT molecular complexity index is 136. The largest absolute Gasteiger partial charge is 0.377 e. The second-order valence-electron chi connectivity index (χ2n) is 4.90. The zero-order valence-corrected chi connectivity index (χ0v) is 11.0. The molecule has 0 saturated carbocycles. The van der Waals surface area contributed by atoms with Gasteiger partial charge in [0, 0.05) is 6.04 Å². The van der Waals surface area contributed by atoms with Crippen molar-refractivity contribution in [1.82, 2.24) is 0 Å². The zero-order valence-electron chi connectivity index (χ0n) is 11.0. The van der Waals surface area contributed by atoms with Gasteiger partial charge in [-0.25, -0.2) is 0 Å². The van der Waals surface area contributed by atoms with Crippen LogP contribution in [0.15, 0.2) is 0 Å². The first kappa shape index (κ1) is 14.9. The predicted octanol–water partition coefficient (Wildman–Crippen LogP) is 3.35. The highest BCUT2D eigenvalue weighted by molar-refractivity contribution is 4.64. The summed E-state index contributed by atoms with van der Waals surface area (Å²) < 4.78 is 5.72. The van der Waals surface area contributed by atoms with Crippen molar-refractivity contribution in [3.05, 3.63) is 0 Å². The smallest absolute Gasteiger partial charge is 0.0623 e. The number of rotatable bonds is 9. The summed E-state index contributed by atoms with van der Waals surface area (Å²) in [7, 11) is 0. The van der Waals surface area contributed by atoms with Gasteiger partial charge in [0.2, 0.25) is 0 Å². The monoisotopic (exact) mass is 215 g/mol. The molecule has 0 heterocycles. The predicted molar refractivity (Wildman–Crippen MR) is 67.0 cm³/mol. The lowest BCUT2D eigenvalue weighted by molar-refractivity contribution is 0.0423. The molecule has 0 spiro atoms. The molecule has 2 nitrogen and oxygen atoms in total. The van der Waals surface area contributed by atoms with E-state index in [4.69, 9.17) is 10.5 Å². The minimum absolute atomic E-state index is 0.183. The van der Waals surface area contributed by atoms with Crippen LogP contribution in [0.1, 0.15) is 59.8 Å². The van der Waals surface area contributed by atoms with Crippen molar-refractivity contribution in [3.63, 3.8) is 0 Å². The van der Waals surface area contributed by atoms with Gasteiger partial charge in [-0.1, -0.05) is 46.5 Å². The van der Waals surface area contributed by atoms with Crippen LogP contribution in [0, 0.1) is 5.92 Å². The van der Waals surface area contributed by atoms with Crippen LogP contribution in [0.3, 0.4) is 0 Å². The van der Waals surface area contributed by atoms with Gasteiger partial charge in [-0.3, -0.25) is 0 Å². The first-order valence-electron chi connectivity index (χ1n) is 6.45. The molecule has 0 saturated heterocycles. The van der Waals surface area contributed by atoms with Crippen molar-refractivity contribution in [2.75, 3.05) is 6.61 Å². The molecule has 2 heteroatoms. The maximum absolute atomic E-state index is 5.92. The Hall–Kier alpha value is -0.0800. The van der Waals surface area contributed by atoms with E-state index in [9.17, 15) is 0 Å². The summed E-state index contributed by atoms with van der Waals surface area (Å²) >= 11 is 0. The van der Waals surface area contributed by atoms with Crippen LogP contribution in [0.5, 0.6) is 0 Å². The van der Waals surface area contributed by atoms with E-state index in [1.807, 2.05) is 0 Å². The van der Waals surface area contributed by atoms with Crippen molar-refractivity contribution in [2.24, 2.45) is 11.7 Å². The van der Waals surface area contributed by atoms with Crippen molar-refractivity contribution in [3.8, 4) is 0 Å². The summed E-state index contributed by atoms with van der Waals surface area (Å²) in [4.78, 5) is 0. The molecular formula is C13H29NO. The summed E-state index contributed by atoms with van der Waals surface area (Å²) in [6.07, 6.45) is 6.80. The third-order valence-electron chi connectivity index (χ3n) is 2.89. The second kappa shape index (κ2) is 9.17. The fourth-order valence-corrected chi connectivity index (χ4v) is 1.41. The zero-order chi connectivity index (χ0) is 11.7. The molecule has 2 unspecified atom stereocenters. The number of ether oxygens (including phenoxy) is 1. The lowest BCUT2D eigenvalue weighted by Crippen LogP contribution is -2.33. The van der Waals surface area contributed by atoms with Gasteiger partial charge in [0.25, 0.3) is 0 Å². The van der Waals surface area contributed by atoms with E-state index < -0.39 is 0 Å². The molecule has 2 atom stereocenters. The van der Waals surface area contributed by atoms with Crippen molar-refractivity contribution in [2.45, 2.75) is 71.9 Å². The molecule has 15 heavy (non-hydrogen) atoms. The molecule has 0 aromatic rings. The lowest BCUT2D eigenvalue weighted by Gasteiger charge is -2.19. The lowest BCUT2D eigenvalue weighted by atomic mass is 10.1. The molecule has 0 aliphatic rings. The average Bonchev–Trinajstić information content (AvgIpc) is 2.20. The maximum Gasteiger partial charge on any atom is 0.0623 e. The molecule has 0 bridgehead atoms. The van der Waals surface area contributed by atoms with Gasteiger partial charge in [0.15, 0.2) is 0 Å². The van der Waals surface area contributed by atoms with E-state index in [0.29, 0.717) is 18.6 Å². The molecule has 0 amide bonds. The van der Waals surface area contributed by atoms with Gasteiger partial charge in [0.1, 0.15) is 0 Å². The van der Waals surface area contributed by atoms with E-state index >= 15 is 0 Å². The van der Waals surface area contributed by atoms with Crippen molar-refractivity contribution >= 4 is 0 Å². The molecule has 0 aromatic carbocycles. The SMILES string of the molecule is CCCCCCC(C)OCC(N)C(C)C. The standard InChI is InChI=1S/C13H29NO/c1-5-6-7-8-9-12(4)15-10-13(14)11(2)3/h11-13H,5-10,14H2,1-4H3. The van der Waals surface area contributed by atoms with E-state index in [2.05, 4.69) is 27.7 Å². The van der Waals surface area contributed by atoms with E-state index in [1.165, 1.54) is 32.1 Å². The van der Waals surface area contributed by atoms with Gasteiger partial charge in [-0.2, -0.15) is 0 Å². The fraction of sp³-hybridized carbons (Fsp3) is 1.00. The second-order valence-corrected chi connectivity index (χ2v) is 4.90. The fourth-order valence-electron chi connectivity index (χ4n) is 1.41. The van der Waals surface area contributed by atoms with Gasteiger partial charge >= 0.3 is 0 Å². The molecule has 0 aliphatic carbocycles. The molecular weight excluding hydrogens is 186 g/mol. The quantitative estimate of drug-likeness (QED) is 0.599. The topological polar surface area (TPSA) is 35.2 Å². The highest BCUT2D eigenvalue weighted by Gasteiger charge is 2.09. The van der Waals surface area contributed by atoms with Gasteiger partial charge < -0.3 is 10.5 Å². The molecule has 0 fully saturated rings. The number of nitrogens with two attached hydrogens (primary N) is 1. The highest BCUT2D eigenvalue weighted by atomic mass is 16.5. The minimum Gasteiger partial charge on any atom is -0.377 e. The molecule has 92 valence electrons. The maximum atomic E-state index is 5.92. The van der Waals surface area contributed by atoms with Crippen LogP contribution >= 0.6 is 0 Å². The van der Waals surface area contributed by atoms with E-state index in [-0.39, 0.29) is 6.04 Å². The first-order valence-corrected chi connectivity index (χ1v) is 6.45. The summed E-state index contributed by atoms with van der Waals surface area (Å²) in [5.41, 5.74) is 5.92. The van der Waals surface area contributed by atoms with Crippen LogP contribution in [0.4, 0.5) is 0 Å². The minimum atomic E-state index is 0.183. The van der Waals surface area contributed by atoms with Crippen LogP contribution in [0.25, 0.3) is 0 Å². The highest BCUT2D eigenvalue weighted by Crippen LogP contribution is 2.09. The Kier molecular flexibility index (Phi) is 9.12. The molecule has 0 radical (unpaired) electrons. The van der Waals surface area contributed by atoms with Gasteiger partial charge in [-0.05, 0) is 19.3 Å². The van der Waals surface area contributed by atoms with Gasteiger partial charge in [-0.15, -0.1) is 0 Å². The Balaban J connectivity index is 3.36. The van der Waals surface area contributed by atoms with Gasteiger partial charge in [0.05, 0.1) is 12.7 Å². The summed E-state index contributed by atoms with van der Waals surface area (Å²) in [6, 6.07) is 0.183. The Morgan fingerprint density at radius 2 is 1.73 bits per heavy atom. The number of hydrogen-bond donors (Lipinski definition) is 1. The first-order chi connectivity index (χ1) is 7.07. The van der Waals surface area contributed by atoms with Crippen LogP contribution in [-0.4, -0.2) is 18.8 Å². The van der Waals surface area contributed by atoms with Crippen LogP contribution < -0.4 is 5.73 Å². The van der Waals surface area contributed by atoms with Crippen LogP contribution in [-0.2, 0) is 4.74 Å². The Morgan fingerprint density at radius 1 is 1.07 bits per heavy atom. The van der Waals surface area contributed by atoms with Crippen molar-refractivity contribution in [1.29, 1.82) is 0 Å².